The van der Waals surface area contributed by atoms with Crippen LogP contribution in [0.15, 0.2) is 18.2 Å². The number of aromatic nitrogens is 2. The number of anilines is 1. The molecule has 0 aliphatic heterocycles. The fourth-order valence-corrected chi connectivity index (χ4v) is 2.51. The molecule has 20 heavy (non-hydrogen) atoms. The van der Waals surface area contributed by atoms with Crippen LogP contribution in [0.3, 0.4) is 0 Å². The molecule has 1 heterocycles. The van der Waals surface area contributed by atoms with E-state index < -0.39 is 0 Å². The summed E-state index contributed by atoms with van der Waals surface area (Å²) in [6.45, 7) is 6.94. The minimum Gasteiger partial charge on any atom is -0.370 e. The summed E-state index contributed by atoms with van der Waals surface area (Å²) in [5.74, 6) is 1.47. The second kappa shape index (κ2) is 6.42. The molecule has 0 bridgehead atoms. The first kappa shape index (κ1) is 15.1. The van der Waals surface area contributed by atoms with Gasteiger partial charge in [0.25, 0.3) is 0 Å². The van der Waals surface area contributed by atoms with E-state index in [4.69, 9.17) is 23.2 Å². The maximum atomic E-state index is 6.25. The highest BCUT2D eigenvalue weighted by atomic mass is 35.5. The van der Waals surface area contributed by atoms with Crippen LogP contribution in [-0.2, 0) is 6.42 Å². The number of benzene rings is 1. The van der Waals surface area contributed by atoms with Crippen molar-refractivity contribution in [1.29, 1.82) is 0 Å². The molecule has 0 spiro atoms. The van der Waals surface area contributed by atoms with Crippen molar-refractivity contribution < 1.29 is 0 Å². The van der Waals surface area contributed by atoms with Crippen molar-refractivity contribution in [2.24, 2.45) is 0 Å². The second-order valence-electron chi connectivity index (χ2n) is 4.45. The molecule has 0 saturated heterocycles. The lowest BCUT2D eigenvalue weighted by Gasteiger charge is -2.13. The summed E-state index contributed by atoms with van der Waals surface area (Å²) < 4.78 is 0. The number of nitrogens with zero attached hydrogens (tertiary/aromatic N) is 2. The number of hydrogen-bond acceptors (Lipinski definition) is 3. The maximum Gasteiger partial charge on any atom is 0.163 e. The molecule has 0 atom stereocenters. The lowest BCUT2D eigenvalue weighted by molar-refractivity contribution is 0.989. The summed E-state index contributed by atoms with van der Waals surface area (Å²) in [5, 5.41) is 4.28. The molecule has 3 nitrogen and oxygen atoms in total. The van der Waals surface area contributed by atoms with Gasteiger partial charge in [-0.2, -0.15) is 0 Å². The molecule has 0 amide bonds. The zero-order chi connectivity index (χ0) is 14.7. The molecule has 1 aromatic carbocycles. The highest BCUT2D eigenvalue weighted by Gasteiger charge is 2.14. The Balaban J connectivity index is 2.60. The molecule has 5 heteroatoms. The summed E-state index contributed by atoms with van der Waals surface area (Å²) >= 11 is 12.3. The van der Waals surface area contributed by atoms with Crippen LogP contribution in [0.2, 0.25) is 10.0 Å². The van der Waals surface area contributed by atoms with Gasteiger partial charge in [-0.1, -0.05) is 36.2 Å². The van der Waals surface area contributed by atoms with Gasteiger partial charge in [-0.15, -0.1) is 0 Å². The van der Waals surface area contributed by atoms with Gasteiger partial charge in [0, 0.05) is 23.4 Å². The molecule has 2 aromatic rings. The molecule has 0 fully saturated rings. The molecule has 0 unspecified atom stereocenters. The molecule has 0 aliphatic rings. The van der Waals surface area contributed by atoms with E-state index in [1.807, 2.05) is 26.0 Å². The van der Waals surface area contributed by atoms with Gasteiger partial charge in [0.15, 0.2) is 5.82 Å². The quantitative estimate of drug-likeness (QED) is 0.885. The van der Waals surface area contributed by atoms with Gasteiger partial charge in [-0.25, -0.2) is 9.97 Å². The minimum absolute atomic E-state index is 0.486. The van der Waals surface area contributed by atoms with Crippen molar-refractivity contribution in [3.8, 4) is 11.4 Å². The summed E-state index contributed by atoms with van der Waals surface area (Å²) in [6, 6.07) is 5.49. The molecular weight excluding hydrogens is 293 g/mol. The number of nitrogens with one attached hydrogen (secondary N) is 1. The van der Waals surface area contributed by atoms with Gasteiger partial charge in [0.1, 0.15) is 5.82 Å². The Hall–Kier alpha value is -1.32. The Morgan fingerprint density at radius 1 is 1.15 bits per heavy atom. The highest BCUT2D eigenvalue weighted by molar-refractivity contribution is 6.43. The van der Waals surface area contributed by atoms with E-state index in [1.165, 1.54) is 0 Å². The normalized spacial score (nSPS) is 10.7. The van der Waals surface area contributed by atoms with Gasteiger partial charge in [-0.05, 0) is 32.4 Å². The van der Waals surface area contributed by atoms with Gasteiger partial charge in [0.2, 0.25) is 0 Å². The van der Waals surface area contributed by atoms with E-state index in [2.05, 4.69) is 22.2 Å². The predicted molar refractivity (Wildman–Crippen MR) is 85.8 cm³/mol. The first-order valence-electron chi connectivity index (χ1n) is 6.64. The Bertz CT molecular complexity index is 627. The maximum absolute atomic E-state index is 6.25. The zero-order valence-electron chi connectivity index (χ0n) is 11.8. The Labute approximate surface area is 129 Å². The van der Waals surface area contributed by atoms with Crippen LogP contribution in [-0.4, -0.2) is 16.5 Å². The molecule has 0 aliphatic carbocycles. The molecule has 1 aromatic heterocycles. The molecule has 0 saturated carbocycles. The summed E-state index contributed by atoms with van der Waals surface area (Å²) in [5.41, 5.74) is 2.85. The van der Waals surface area contributed by atoms with Crippen molar-refractivity contribution >= 4 is 29.0 Å². The van der Waals surface area contributed by atoms with Crippen LogP contribution in [0.4, 0.5) is 5.82 Å². The highest BCUT2D eigenvalue weighted by Crippen LogP contribution is 2.33. The third-order valence-corrected chi connectivity index (χ3v) is 3.92. The second-order valence-corrected chi connectivity index (χ2v) is 5.23. The van der Waals surface area contributed by atoms with Crippen molar-refractivity contribution in [1.82, 2.24) is 9.97 Å². The van der Waals surface area contributed by atoms with E-state index in [-0.39, 0.29) is 0 Å². The lowest BCUT2D eigenvalue weighted by atomic mass is 10.1. The molecule has 106 valence electrons. The standard InChI is InChI=1S/C15H17Cl2N3/c1-4-10-9(3)19-15(20-14(10)18-5-2)11-7-6-8-12(16)13(11)17/h6-8H,4-5H2,1-3H3,(H,18,19,20). The Morgan fingerprint density at radius 3 is 2.55 bits per heavy atom. The van der Waals surface area contributed by atoms with E-state index in [9.17, 15) is 0 Å². The van der Waals surface area contributed by atoms with Crippen LogP contribution >= 0.6 is 23.2 Å². The largest absolute Gasteiger partial charge is 0.370 e. The van der Waals surface area contributed by atoms with E-state index >= 15 is 0 Å². The van der Waals surface area contributed by atoms with Gasteiger partial charge < -0.3 is 5.32 Å². The SMILES string of the molecule is CCNc1nc(-c2cccc(Cl)c2Cl)nc(C)c1CC. The smallest absolute Gasteiger partial charge is 0.163 e. The minimum atomic E-state index is 0.486. The molecule has 2 rings (SSSR count). The number of rotatable bonds is 4. The first-order valence-corrected chi connectivity index (χ1v) is 7.39. The average Bonchev–Trinajstić information content (AvgIpc) is 2.42. The van der Waals surface area contributed by atoms with Crippen LogP contribution in [0, 0.1) is 6.92 Å². The predicted octanol–water partition coefficient (Wildman–Crippen LogP) is 4.75. The van der Waals surface area contributed by atoms with E-state index in [0.29, 0.717) is 15.9 Å². The van der Waals surface area contributed by atoms with E-state index in [1.54, 1.807) is 6.07 Å². The fraction of sp³-hybridized carbons (Fsp3) is 0.333. The average molecular weight is 310 g/mol. The van der Waals surface area contributed by atoms with Crippen molar-refractivity contribution in [2.75, 3.05) is 11.9 Å². The van der Waals surface area contributed by atoms with Crippen molar-refractivity contribution in [2.45, 2.75) is 27.2 Å². The zero-order valence-corrected chi connectivity index (χ0v) is 13.3. The Kier molecular flexibility index (Phi) is 4.84. The first-order chi connectivity index (χ1) is 9.58. The molecular formula is C15H17Cl2N3. The summed E-state index contributed by atoms with van der Waals surface area (Å²) in [7, 11) is 0. The van der Waals surface area contributed by atoms with E-state index in [0.717, 1.165) is 35.6 Å². The van der Waals surface area contributed by atoms with Crippen molar-refractivity contribution in [3.05, 3.63) is 39.5 Å². The number of halogens is 2. The van der Waals surface area contributed by atoms with Gasteiger partial charge in [-0.3, -0.25) is 0 Å². The third kappa shape index (κ3) is 2.89. The fourth-order valence-electron chi connectivity index (χ4n) is 2.13. The topological polar surface area (TPSA) is 37.8 Å². The summed E-state index contributed by atoms with van der Waals surface area (Å²) in [6.07, 6.45) is 0.887. The van der Waals surface area contributed by atoms with Crippen LogP contribution in [0.5, 0.6) is 0 Å². The molecule has 0 radical (unpaired) electrons. The third-order valence-electron chi connectivity index (χ3n) is 3.10. The van der Waals surface area contributed by atoms with Crippen LogP contribution < -0.4 is 5.32 Å². The van der Waals surface area contributed by atoms with Gasteiger partial charge in [0.05, 0.1) is 10.0 Å². The van der Waals surface area contributed by atoms with Gasteiger partial charge >= 0.3 is 0 Å². The number of aryl methyl sites for hydroxylation is 1. The Morgan fingerprint density at radius 2 is 1.90 bits per heavy atom. The van der Waals surface area contributed by atoms with Crippen LogP contribution in [0.1, 0.15) is 25.1 Å². The lowest BCUT2D eigenvalue weighted by Crippen LogP contribution is -2.08. The molecule has 1 N–H and O–H groups in total. The number of hydrogen-bond donors (Lipinski definition) is 1. The summed E-state index contributed by atoms with van der Waals surface area (Å²) in [4.78, 5) is 9.17. The van der Waals surface area contributed by atoms with Crippen LogP contribution in [0.25, 0.3) is 11.4 Å². The monoisotopic (exact) mass is 309 g/mol. The van der Waals surface area contributed by atoms with Crippen molar-refractivity contribution in [3.63, 3.8) is 0 Å².